The van der Waals surface area contributed by atoms with Gasteiger partial charge < -0.3 is 10.6 Å². The second kappa shape index (κ2) is 8.87. The topological polar surface area (TPSA) is 58.2 Å². The zero-order valence-corrected chi connectivity index (χ0v) is 14.3. The van der Waals surface area contributed by atoms with E-state index in [1.165, 1.54) is 25.0 Å². The molecule has 2 amide bonds. The Morgan fingerprint density at radius 3 is 1.46 bits per heavy atom. The van der Waals surface area contributed by atoms with Gasteiger partial charge in [0, 0.05) is 26.9 Å². The molecule has 0 unspecified atom stereocenters. The summed E-state index contributed by atoms with van der Waals surface area (Å²) in [5.41, 5.74) is 4.74. The third-order valence-corrected chi connectivity index (χ3v) is 3.77. The summed E-state index contributed by atoms with van der Waals surface area (Å²) >= 11 is 0. The first-order valence-corrected chi connectivity index (χ1v) is 8.17. The van der Waals surface area contributed by atoms with Crippen LogP contribution in [0.15, 0.2) is 48.5 Å². The van der Waals surface area contributed by atoms with Crippen molar-refractivity contribution in [3.63, 3.8) is 0 Å². The molecule has 0 saturated heterocycles. The summed E-state index contributed by atoms with van der Waals surface area (Å²) in [6.45, 7) is 4.18. The van der Waals surface area contributed by atoms with E-state index >= 15 is 0 Å². The fraction of sp³-hybridized carbons (Fsp3) is 0.300. The molecule has 4 nitrogen and oxygen atoms in total. The molecule has 0 radical (unpaired) electrons. The number of benzene rings is 2. The van der Waals surface area contributed by atoms with E-state index in [1.807, 2.05) is 24.3 Å². The van der Waals surface area contributed by atoms with Gasteiger partial charge in [0.1, 0.15) is 0 Å². The van der Waals surface area contributed by atoms with Gasteiger partial charge in [-0.05, 0) is 35.1 Å². The number of carbonyl (C=O) groups excluding carboxylic acids is 2. The van der Waals surface area contributed by atoms with E-state index in [0.29, 0.717) is 13.1 Å². The fourth-order valence-electron chi connectivity index (χ4n) is 2.53. The van der Waals surface area contributed by atoms with Gasteiger partial charge in [-0.2, -0.15) is 0 Å². The number of nitrogens with one attached hydrogen (secondary N) is 2. The van der Waals surface area contributed by atoms with Crippen molar-refractivity contribution in [3.05, 3.63) is 70.8 Å². The predicted molar refractivity (Wildman–Crippen MR) is 95.3 cm³/mol. The van der Waals surface area contributed by atoms with E-state index in [0.717, 1.165) is 24.0 Å². The van der Waals surface area contributed by atoms with Crippen LogP contribution in [0.25, 0.3) is 0 Å². The molecule has 0 atom stereocenters. The Labute approximate surface area is 143 Å². The van der Waals surface area contributed by atoms with E-state index in [2.05, 4.69) is 34.9 Å². The van der Waals surface area contributed by atoms with Gasteiger partial charge in [-0.25, -0.2) is 0 Å². The molecule has 4 heteroatoms. The second-order valence-electron chi connectivity index (χ2n) is 5.96. The highest BCUT2D eigenvalue weighted by molar-refractivity contribution is 5.73. The molecule has 0 spiro atoms. The van der Waals surface area contributed by atoms with Crippen molar-refractivity contribution in [3.8, 4) is 0 Å². The summed E-state index contributed by atoms with van der Waals surface area (Å²) in [4.78, 5) is 22.0. The van der Waals surface area contributed by atoms with Gasteiger partial charge in [0.05, 0.1) is 0 Å². The maximum atomic E-state index is 11.0. The van der Waals surface area contributed by atoms with Crippen molar-refractivity contribution >= 4 is 11.8 Å². The smallest absolute Gasteiger partial charge is 0.217 e. The molecule has 0 aliphatic heterocycles. The molecule has 2 rings (SSSR count). The minimum Gasteiger partial charge on any atom is -0.352 e. The van der Waals surface area contributed by atoms with Gasteiger partial charge in [-0.3, -0.25) is 9.59 Å². The lowest BCUT2D eigenvalue weighted by atomic mass is 10.0. The van der Waals surface area contributed by atoms with Crippen LogP contribution < -0.4 is 10.6 Å². The van der Waals surface area contributed by atoms with E-state index in [1.54, 1.807) is 0 Å². The van der Waals surface area contributed by atoms with Gasteiger partial charge >= 0.3 is 0 Å². The van der Waals surface area contributed by atoms with Crippen LogP contribution in [-0.2, 0) is 35.5 Å². The first kappa shape index (κ1) is 17.7. The molecular weight excluding hydrogens is 300 g/mol. The molecule has 126 valence electrons. The largest absolute Gasteiger partial charge is 0.352 e. The van der Waals surface area contributed by atoms with Crippen LogP contribution in [0.3, 0.4) is 0 Å². The molecular formula is C20H24N2O2. The molecule has 0 bridgehead atoms. The minimum absolute atomic E-state index is 0.0172. The van der Waals surface area contributed by atoms with Crippen molar-refractivity contribution in [1.29, 1.82) is 0 Å². The third-order valence-electron chi connectivity index (χ3n) is 3.77. The minimum atomic E-state index is -0.0172. The maximum Gasteiger partial charge on any atom is 0.217 e. The number of hydrogen-bond donors (Lipinski definition) is 2. The Morgan fingerprint density at radius 2 is 1.08 bits per heavy atom. The van der Waals surface area contributed by atoms with Crippen molar-refractivity contribution in [2.45, 2.75) is 39.8 Å². The zero-order valence-electron chi connectivity index (χ0n) is 14.3. The Hall–Kier alpha value is -2.62. The highest BCUT2D eigenvalue weighted by Gasteiger charge is 2.01. The predicted octanol–water partition coefficient (Wildman–Crippen LogP) is 2.74. The lowest BCUT2D eigenvalue weighted by Crippen LogP contribution is -2.19. The zero-order chi connectivity index (χ0) is 17.4. The summed E-state index contributed by atoms with van der Waals surface area (Å²) in [5, 5.41) is 5.64. The number of amides is 2. The number of aryl methyl sites for hydroxylation is 2. The first-order valence-electron chi connectivity index (χ1n) is 8.17. The van der Waals surface area contributed by atoms with Gasteiger partial charge in [0.2, 0.25) is 11.8 Å². The van der Waals surface area contributed by atoms with Crippen LogP contribution in [0.1, 0.15) is 36.1 Å². The average molecular weight is 324 g/mol. The first-order chi connectivity index (χ1) is 11.5. The highest BCUT2D eigenvalue weighted by Crippen LogP contribution is 2.12. The molecule has 0 heterocycles. The van der Waals surface area contributed by atoms with Crippen molar-refractivity contribution < 1.29 is 9.59 Å². The normalized spacial score (nSPS) is 10.2. The van der Waals surface area contributed by atoms with Crippen molar-refractivity contribution in [2.75, 3.05) is 0 Å². The van der Waals surface area contributed by atoms with Crippen LogP contribution in [0.4, 0.5) is 0 Å². The SMILES string of the molecule is CC(=O)NCc1cccc(CCc2cccc(CNC(C)=O)c2)c1. The van der Waals surface area contributed by atoms with Crippen LogP contribution in [0.2, 0.25) is 0 Å². The molecule has 2 aromatic carbocycles. The monoisotopic (exact) mass is 324 g/mol. The van der Waals surface area contributed by atoms with Crippen LogP contribution in [0.5, 0.6) is 0 Å². The lowest BCUT2D eigenvalue weighted by molar-refractivity contribution is -0.120. The van der Waals surface area contributed by atoms with Gasteiger partial charge in [-0.1, -0.05) is 48.5 Å². The number of rotatable bonds is 7. The maximum absolute atomic E-state index is 11.0. The Morgan fingerprint density at radius 1 is 0.708 bits per heavy atom. The summed E-state index contributed by atoms with van der Waals surface area (Å²) in [6, 6.07) is 16.6. The van der Waals surface area contributed by atoms with Crippen LogP contribution in [-0.4, -0.2) is 11.8 Å². The quantitative estimate of drug-likeness (QED) is 0.823. The summed E-state index contributed by atoms with van der Waals surface area (Å²) in [7, 11) is 0. The molecule has 24 heavy (non-hydrogen) atoms. The van der Waals surface area contributed by atoms with E-state index in [-0.39, 0.29) is 11.8 Å². The van der Waals surface area contributed by atoms with Gasteiger partial charge in [0.15, 0.2) is 0 Å². The van der Waals surface area contributed by atoms with E-state index in [9.17, 15) is 9.59 Å². The summed E-state index contributed by atoms with van der Waals surface area (Å²) in [6.07, 6.45) is 1.88. The molecule has 2 N–H and O–H groups in total. The number of hydrogen-bond acceptors (Lipinski definition) is 2. The lowest BCUT2D eigenvalue weighted by Gasteiger charge is -2.08. The Bertz CT molecular complexity index is 649. The molecule has 0 aromatic heterocycles. The van der Waals surface area contributed by atoms with Crippen LogP contribution >= 0.6 is 0 Å². The number of carbonyl (C=O) groups is 2. The highest BCUT2D eigenvalue weighted by atomic mass is 16.1. The van der Waals surface area contributed by atoms with E-state index in [4.69, 9.17) is 0 Å². The molecule has 0 saturated carbocycles. The van der Waals surface area contributed by atoms with Crippen LogP contribution in [0, 0.1) is 0 Å². The van der Waals surface area contributed by atoms with Crippen molar-refractivity contribution in [1.82, 2.24) is 10.6 Å². The summed E-state index contributed by atoms with van der Waals surface area (Å²) in [5.74, 6) is -0.0345. The molecule has 0 aliphatic rings. The summed E-state index contributed by atoms with van der Waals surface area (Å²) < 4.78 is 0. The molecule has 0 aliphatic carbocycles. The van der Waals surface area contributed by atoms with Gasteiger partial charge in [0.25, 0.3) is 0 Å². The van der Waals surface area contributed by atoms with Crippen molar-refractivity contribution in [2.24, 2.45) is 0 Å². The molecule has 0 fully saturated rings. The average Bonchev–Trinajstić information content (AvgIpc) is 2.57. The molecule has 2 aromatic rings. The standard InChI is InChI=1S/C20H24N2O2/c1-15(23)21-13-19-7-3-5-17(11-19)9-10-18-6-4-8-20(12-18)14-22-16(2)24/h3-8,11-12H,9-10,13-14H2,1-2H3,(H,21,23)(H,22,24). The second-order valence-corrected chi connectivity index (χ2v) is 5.96. The third kappa shape index (κ3) is 6.24. The van der Waals surface area contributed by atoms with E-state index < -0.39 is 0 Å². The Kier molecular flexibility index (Phi) is 6.55. The fourth-order valence-corrected chi connectivity index (χ4v) is 2.53. The Balaban J connectivity index is 1.93. The van der Waals surface area contributed by atoms with Gasteiger partial charge in [-0.15, -0.1) is 0 Å².